The van der Waals surface area contributed by atoms with E-state index >= 15 is 0 Å². The summed E-state index contributed by atoms with van der Waals surface area (Å²) >= 11 is 1.56. The summed E-state index contributed by atoms with van der Waals surface area (Å²) < 4.78 is 0. The van der Waals surface area contributed by atoms with Gasteiger partial charge in [-0.3, -0.25) is 9.59 Å². The van der Waals surface area contributed by atoms with E-state index in [2.05, 4.69) is 0 Å². The molecule has 0 fully saturated rings. The molecule has 0 radical (unpaired) electrons. The maximum atomic E-state index is 12.7. The van der Waals surface area contributed by atoms with Crippen molar-refractivity contribution in [1.82, 2.24) is 4.90 Å². The van der Waals surface area contributed by atoms with Crippen LogP contribution in [0.2, 0.25) is 0 Å². The highest BCUT2D eigenvalue weighted by atomic mass is 32.2. The first-order valence-corrected chi connectivity index (χ1v) is 7.57. The molecule has 0 aliphatic heterocycles. The van der Waals surface area contributed by atoms with E-state index in [4.69, 9.17) is 5.11 Å². The van der Waals surface area contributed by atoms with Crippen LogP contribution < -0.4 is 0 Å². The normalized spacial score (nSPS) is 11.2. The summed E-state index contributed by atoms with van der Waals surface area (Å²) in [6.45, 7) is 7.06. The molecule has 5 heteroatoms. The molecule has 1 N–H and O–H groups in total. The number of carboxylic acid groups (broad SMARTS) is 1. The highest BCUT2D eigenvalue weighted by Gasteiger charge is 2.30. The van der Waals surface area contributed by atoms with E-state index in [0.29, 0.717) is 5.56 Å². The van der Waals surface area contributed by atoms with Crippen LogP contribution in [0.1, 0.15) is 36.7 Å². The molecule has 0 aliphatic rings. The molecule has 1 aromatic rings. The minimum Gasteiger partial charge on any atom is -0.480 e. The third-order valence-electron chi connectivity index (χ3n) is 3.02. The smallest absolute Gasteiger partial charge is 0.323 e. The number of hydrogen-bond donors (Lipinski definition) is 1. The van der Waals surface area contributed by atoms with Crippen LogP contribution in [0, 0.1) is 6.92 Å². The van der Waals surface area contributed by atoms with Crippen LogP contribution in [0.3, 0.4) is 0 Å². The number of rotatable bonds is 4. The molecule has 20 heavy (non-hydrogen) atoms. The predicted molar refractivity (Wildman–Crippen MR) is 81.4 cm³/mol. The summed E-state index contributed by atoms with van der Waals surface area (Å²) in [6, 6.07) is 5.67. The van der Waals surface area contributed by atoms with Gasteiger partial charge in [0.15, 0.2) is 0 Å². The summed E-state index contributed by atoms with van der Waals surface area (Å²) in [7, 11) is 0. The quantitative estimate of drug-likeness (QED) is 0.867. The van der Waals surface area contributed by atoms with Crippen LogP contribution in [0.15, 0.2) is 23.1 Å². The number of hydrogen-bond acceptors (Lipinski definition) is 3. The fourth-order valence-corrected chi connectivity index (χ4v) is 2.29. The fourth-order valence-electron chi connectivity index (χ4n) is 1.85. The minimum atomic E-state index is -1.01. The summed E-state index contributed by atoms with van der Waals surface area (Å²) in [4.78, 5) is 26.1. The van der Waals surface area contributed by atoms with Crippen LogP contribution in [0.5, 0.6) is 0 Å². The van der Waals surface area contributed by atoms with Crippen molar-refractivity contribution in [2.24, 2.45) is 0 Å². The summed E-state index contributed by atoms with van der Waals surface area (Å²) in [5, 5.41) is 9.02. The topological polar surface area (TPSA) is 57.6 Å². The number of nitrogens with zero attached hydrogens (tertiary/aromatic N) is 1. The van der Waals surface area contributed by atoms with Gasteiger partial charge in [-0.2, -0.15) is 0 Å². The van der Waals surface area contributed by atoms with E-state index < -0.39 is 11.5 Å². The molecule has 1 aromatic carbocycles. The molecule has 0 unspecified atom stereocenters. The monoisotopic (exact) mass is 295 g/mol. The Bertz CT molecular complexity index is 520. The Morgan fingerprint density at radius 1 is 1.30 bits per heavy atom. The molecule has 110 valence electrons. The van der Waals surface area contributed by atoms with Gasteiger partial charge in [0.1, 0.15) is 6.54 Å². The fraction of sp³-hybridized carbons (Fsp3) is 0.467. The van der Waals surface area contributed by atoms with E-state index in [1.54, 1.807) is 11.8 Å². The van der Waals surface area contributed by atoms with Crippen LogP contribution >= 0.6 is 11.8 Å². The van der Waals surface area contributed by atoms with Gasteiger partial charge in [0.2, 0.25) is 0 Å². The molecule has 0 heterocycles. The molecule has 0 aliphatic carbocycles. The van der Waals surface area contributed by atoms with Crippen molar-refractivity contribution in [2.45, 2.75) is 38.1 Å². The van der Waals surface area contributed by atoms with Gasteiger partial charge in [-0.15, -0.1) is 11.8 Å². The average molecular weight is 295 g/mol. The van der Waals surface area contributed by atoms with Gasteiger partial charge in [-0.1, -0.05) is 6.07 Å². The van der Waals surface area contributed by atoms with Crippen molar-refractivity contribution in [2.75, 3.05) is 12.8 Å². The van der Waals surface area contributed by atoms with Gasteiger partial charge >= 0.3 is 5.97 Å². The lowest BCUT2D eigenvalue weighted by Crippen LogP contribution is -2.48. The molecular formula is C15H21NO3S. The number of aliphatic carboxylic acids is 1. The van der Waals surface area contributed by atoms with Crippen molar-refractivity contribution in [3.05, 3.63) is 29.3 Å². The predicted octanol–water partition coefficient (Wildman–Crippen LogP) is 3.04. The van der Waals surface area contributed by atoms with Crippen molar-refractivity contribution in [3.8, 4) is 0 Å². The summed E-state index contributed by atoms with van der Waals surface area (Å²) in [5.41, 5.74) is 0.873. The molecule has 0 atom stereocenters. The second kappa shape index (κ2) is 6.31. The van der Waals surface area contributed by atoms with E-state index in [-0.39, 0.29) is 12.5 Å². The molecule has 0 aromatic heterocycles. The molecule has 0 saturated carbocycles. The van der Waals surface area contributed by atoms with Gasteiger partial charge in [-0.05, 0) is 51.6 Å². The number of amides is 1. The molecule has 4 nitrogen and oxygen atoms in total. The second-order valence-electron chi connectivity index (χ2n) is 5.64. The molecule has 1 rings (SSSR count). The van der Waals surface area contributed by atoms with E-state index in [1.807, 2.05) is 52.1 Å². The number of benzene rings is 1. The zero-order valence-electron chi connectivity index (χ0n) is 12.6. The standard InChI is InChI=1S/C15H21NO3S/c1-10-6-7-11(20-5)8-12(10)14(19)16(9-13(17)18)15(2,3)4/h6-8H,9H2,1-5H3,(H,17,18). The van der Waals surface area contributed by atoms with Crippen molar-refractivity contribution in [1.29, 1.82) is 0 Å². The Balaban J connectivity index is 3.21. The third-order valence-corrected chi connectivity index (χ3v) is 3.75. The number of carbonyl (C=O) groups is 2. The van der Waals surface area contributed by atoms with Crippen LogP contribution in [0.4, 0.5) is 0 Å². The lowest BCUT2D eigenvalue weighted by Gasteiger charge is -2.34. The summed E-state index contributed by atoms with van der Waals surface area (Å²) in [6.07, 6.45) is 1.94. The van der Waals surface area contributed by atoms with Crippen molar-refractivity contribution >= 4 is 23.6 Å². The first-order valence-electron chi connectivity index (χ1n) is 6.35. The van der Waals surface area contributed by atoms with Gasteiger partial charge in [0, 0.05) is 16.0 Å². The number of carbonyl (C=O) groups excluding carboxylic acids is 1. The van der Waals surface area contributed by atoms with Gasteiger partial charge in [-0.25, -0.2) is 0 Å². The van der Waals surface area contributed by atoms with E-state index in [1.165, 1.54) is 4.90 Å². The molecule has 0 spiro atoms. The highest BCUT2D eigenvalue weighted by molar-refractivity contribution is 7.98. The Kier molecular flexibility index (Phi) is 5.22. The van der Waals surface area contributed by atoms with Gasteiger partial charge in [0.05, 0.1) is 0 Å². The van der Waals surface area contributed by atoms with Crippen molar-refractivity contribution < 1.29 is 14.7 Å². The van der Waals surface area contributed by atoms with Gasteiger partial charge in [0.25, 0.3) is 5.91 Å². The Hall–Kier alpha value is -1.49. The van der Waals surface area contributed by atoms with E-state index in [9.17, 15) is 9.59 Å². The summed E-state index contributed by atoms with van der Waals surface area (Å²) in [5.74, 6) is -1.25. The van der Waals surface area contributed by atoms with Crippen LogP contribution in [-0.4, -0.2) is 40.2 Å². The maximum Gasteiger partial charge on any atom is 0.323 e. The lowest BCUT2D eigenvalue weighted by atomic mass is 10.0. The number of carboxylic acids is 1. The SMILES string of the molecule is CSc1ccc(C)c(C(=O)N(CC(=O)O)C(C)(C)C)c1. The average Bonchev–Trinajstić information content (AvgIpc) is 2.34. The Morgan fingerprint density at radius 2 is 1.90 bits per heavy atom. The van der Waals surface area contributed by atoms with Crippen LogP contribution in [-0.2, 0) is 4.79 Å². The van der Waals surface area contributed by atoms with Crippen molar-refractivity contribution in [3.63, 3.8) is 0 Å². The molecule has 1 amide bonds. The highest BCUT2D eigenvalue weighted by Crippen LogP contribution is 2.23. The Morgan fingerprint density at radius 3 is 2.35 bits per heavy atom. The molecular weight excluding hydrogens is 274 g/mol. The van der Waals surface area contributed by atoms with Gasteiger partial charge < -0.3 is 10.0 Å². The number of thioether (sulfide) groups is 1. The molecule has 0 saturated heterocycles. The first kappa shape index (κ1) is 16.6. The zero-order chi connectivity index (χ0) is 15.5. The largest absolute Gasteiger partial charge is 0.480 e. The number of aryl methyl sites for hydroxylation is 1. The third kappa shape index (κ3) is 4.00. The maximum absolute atomic E-state index is 12.7. The van der Waals surface area contributed by atoms with E-state index in [0.717, 1.165) is 10.5 Å². The Labute approximate surface area is 124 Å². The lowest BCUT2D eigenvalue weighted by molar-refractivity contribution is -0.138. The molecule has 0 bridgehead atoms. The van der Waals surface area contributed by atoms with Crippen LogP contribution in [0.25, 0.3) is 0 Å². The minimum absolute atomic E-state index is 0.242. The second-order valence-corrected chi connectivity index (χ2v) is 6.52. The zero-order valence-corrected chi connectivity index (χ0v) is 13.4. The first-order chi connectivity index (χ1) is 9.16.